The molecule has 0 unspecified atom stereocenters. The number of carbonyl (C=O) groups excluding carboxylic acids is 2. The number of halogens is 1. The summed E-state index contributed by atoms with van der Waals surface area (Å²) in [7, 11) is 0. The summed E-state index contributed by atoms with van der Waals surface area (Å²) in [6.07, 6.45) is 4.84. The first-order chi connectivity index (χ1) is 11.1. The molecule has 23 heavy (non-hydrogen) atoms. The van der Waals surface area contributed by atoms with Crippen molar-refractivity contribution in [2.24, 2.45) is 5.92 Å². The van der Waals surface area contributed by atoms with E-state index in [2.05, 4.69) is 0 Å². The van der Waals surface area contributed by atoms with Crippen LogP contribution >= 0.6 is 11.6 Å². The molecule has 2 fully saturated rings. The van der Waals surface area contributed by atoms with Gasteiger partial charge in [0.05, 0.1) is 5.92 Å². The topological polar surface area (TPSA) is 40.6 Å². The third-order valence-electron chi connectivity index (χ3n) is 4.86. The van der Waals surface area contributed by atoms with Crippen LogP contribution in [0.25, 0.3) is 0 Å². The van der Waals surface area contributed by atoms with E-state index in [1.165, 1.54) is 12.8 Å². The number of amides is 2. The van der Waals surface area contributed by atoms with E-state index in [-0.39, 0.29) is 17.7 Å². The number of hydrogen-bond donors (Lipinski definition) is 0. The second-order valence-corrected chi connectivity index (χ2v) is 6.99. The number of nitrogens with zero attached hydrogens (tertiary/aromatic N) is 2. The number of rotatable bonds is 2. The maximum Gasteiger partial charge on any atom is 0.228 e. The van der Waals surface area contributed by atoms with Crippen molar-refractivity contribution in [1.29, 1.82) is 0 Å². The van der Waals surface area contributed by atoms with Gasteiger partial charge in [-0.25, -0.2) is 0 Å². The molecule has 0 aromatic heterocycles. The Balaban J connectivity index is 1.71. The van der Waals surface area contributed by atoms with Gasteiger partial charge in [-0.05, 0) is 37.5 Å². The van der Waals surface area contributed by atoms with Crippen molar-refractivity contribution in [2.75, 3.05) is 24.5 Å². The largest absolute Gasteiger partial charge is 0.342 e. The van der Waals surface area contributed by atoms with Gasteiger partial charge < -0.3 is 9.80 Å². The Bertz CT molecular complexity index is 609. The van der Waals surface area contributed by atoms with Crippen LogP contribution in [0.3, 0.4) is 0 Å². The van der Waals surface area contributed by atoms with Crippen LogP contribution in [0.4, 0.5) is 5.69 Å². The van der Waals surface area contributed by atoms with E-state index in [4.69, 9.17) is 11.6 Å². The Kier molecular flexibility index (Phi) is 4.90. The zero-order chi connectivity index (χ0) is 16.4. The molecule has 0 spiro atoms. The molecule has 4 nitrogen and oxygen atoms in total. The van der Waals surface area contributed by atoms with Gasteiger partial charge in [-0.1, -0.05) is 30.5 Å². The summed E-state index contributed by atoms with van der Waals surface area (Å²) < 4.78 is 0. The summed E-state index contributed by atoms with van der Waals surface area (Å²) >= 11 is 6.17. The number of benzene rings is 1. The molecule has 0 bridgehead atoms. The lowest BCUT2D eigenvalue weighted by atomic mass is 10.1. The average molecular weight is 335 g/mol. The highest BCUT2D eigenvalue weighted by Gasteiger charge is 2.37. The molecule has 124 valence electrons. The first kappa shape index (κ1) is 16.3. The molecule has 0 radical (unpaired) electrons. The normalized spacial score (nSPS) is 22.3. The predicted molar refractivity (Wildman–Crippen MR) is 91.7 cm³/mol. The highest BCUT2D eigenvalue weighted by molar-refractivity contribution is 6.31. The zero-order valence-corrected chi connectivity index (χ0v) is 14.3. The van der Waals surface area contributed by atoms with Gasteiger partial charge >= 0.3 is 0 Å². The first-order valence-corrected chi connectivity index (χ1v) is 8.79. The molecule has 2 aliphatic heterocycles. The smallest absolute Gasteiger partial charge is 0.228 e. The molecule has 1 atom stereocenters. The summed E-state index contributed by atoms with van der Waals surface area (Å²) in [5.74, 6) is -0.0697. The van der Waals surface area contributed by atoms with Crippen molar-refractivity contribution in [3.63, 3.8) is 0 Å². The van der Waals surface area contributed by atoms with Crippen molar-refractivity contribution in [3.8, 4) is 0 Å². The third-order valence-corrected chi connectivity index (χ3v) is 5.27. The van der Waals surface area contributed by atoms with E-state index in [1.54, 1.807) is 4.90 Å². The number of hydrogen-bond acceptors (Lipinski definition) is 2. The monoisotopic (exact) mass is 334 g/mol. The Hall–Kier alpha value is -1.55. The fourth-order valence-corrected chi connectivity index (χ4v) is 3.60. The van der Waals surface area contributed by atoms with Crippen molar-refractivity contribution in [3.05, 3.63) is 28.8 Å². The predicted octanol–water partition coefficient (Wildman–Crippen LogP) is 3.40. The average Bonchev–Trinajstić information content (AvgIpc) is 2.75. The molecule has 5 heteroatoms. The highest BCUT2D eigenvalue weighted by Crippen LogP contribution is 2.30. The van der Waals surface area contributed by atoms with Crippen molar-refractivity contribution in [1.82, 2.24) is 4.90 Å². The number of anilines is 1. The molecule has 2 amide bonds. The number of carbonyl (C=O) groups is 2. The third kappa shape index (κ3) is 3.52. The van der Waals surface area contributed by atoms with Crippen LogP contribution in [0.5, 0.6) is 0 Å². The molecule has 2 aliphatic rings. The SMILES string of the molecule is Cc1ccc(N2C[C@@H](C(=O)N3CCCCCC3)CC2=O)cc1Cl. The van der Waals surface area contributed by atoms with Gasteiger partial charge in [0.2, 0.25) is 11.8 Å². The Morgan fingerprint density at radius 2 is 1.87 bits per heavy atom. The van der Waals surface area contributed by atoms with Gasteiger partial charge in [-0.2, -0.15) is 0 Å². The maximum atomic E-state index is 12.7. The van der Waals surface area contributed by atoms with Crippen LogP contribution in [-0.4, -0.2) is 36.3 Å². The van der Waals surface area contributed by atoms with Gasteiger partial charge in [-0.3, -0.25) is 9.59 Å². The van der Waals surface area contributed by atoms with E-state index >= 15 is 0 Å². The van der Waals surface area contributed by atoms with Crippen LogP contribution in [0.15, 0.2) is 18.2 Å². The summed E-state index contributed by atoms with van der Waals surface area (Å²) in [5, 5.41) is 0.651. The summed E-state index contributed by atoms with van der Waals surface area (Å²) in [5.41, 5.74) is 1.77. The molecular weight excluding hydrogens is 312 g/mol. The molecular formula is C18H23ClN2O2. The van der Waals surface area contributed by atoms with Crippen molar-refractivity contribution >= 4 is 29.1 Å². The van der Waals surface area contributed by atoms with Gasteiger partial charge in [-0.15, -0.1) is 0 Å². The lowest BCUT2D eigenvalue weighted by Gasteiger charge is -2.24. The van der Waals surface area contributed by atoms with Crippen LogP contribution in [0, 0.1) is 12.8 Å². The van der Waals surface area contributed by atoms with E-state index in [9.17, 15) is 9.59 Å². The van der Waals surface area contributed by atoms with Gasteiger partial charge in [0.1, 0.15) is 0 Å². The second-order valence-electron chi connectivity index (χ2n) is 6.58. The fraction of sp³-hybridized carbons (Fsp3) is 0.556. The fourth-order valence-electron chi connectivity index (χ4n) is 3.42. The summed E-state index contributed by atoms with van der Waals surface area (Å²) in [6, 6.07) is 5.63. The van der Waals surface area contributed by atoms with Crippen LogP contribution in [-0.2, 0) is 9.59 Å². The van der Waals surface area contributed by atoms with E-state index < -0.39 is 0 Å². The molecule has 1 aromatic rings. The molecule has 1 aromatic carbocycles. The summed E-state index contributed by atoms with van der Waals surface area (Å²) in [4.78, 5) is 28.7. The molecule has 0 aliphatic carbocycles. The Morgan fingerprint density at radius 3 is 2.52 bits per heavy atom. The van der Waals surface area contributed by atoms with Crippen LogP contribution in [0.1, 0.15) is 37.7 Å². The lowest BCUT2D eigenvalue weighted by Crippen LogP contribution is -2.38. The van der Waals surface area contributed by atoms with Gasteiger partial charge in [0.15, 0.2) is 0 Å². The Labute approximate surface area is 142 Å². The van der Waals surface area contributed by atoms with Crippen molar-refractivity contribution < 1.29 is 9.59 Å². The van der Waals surface area contributed by atoms with Gasteiger partial charge in [0, 0.05) is 36.8 Å². The van der Waals surface area contributed by atoms with Crippen LogP contribution < -0.4 is 4.90 Å². The van der Waals surface area contributed by atoms with Crippen LogP contribution in [0.2, 0.25) is 5.02 Å². The minimum absolute atomic E-state index is 0.0121. The second kappa shape index (κ2) is 6.91. The maximum absolute atomic E-state index is 12.7. The molecule has 0 N–H and O–H groups in total. The minimum atomic E-state index is -0.222. The van der Waals surface area contributed by atoms with Gasteiger partial charge in [0.25, 0.3) is 0 Å². The number of aryl methyl sites for hydroxylation is 1. The quantitative estimate of drug-likeness (QED) is 0.831. The highest BCUT2D eigenvalue weighted by atomic mass is 35.5. The lowest BCUT2D eigenvalue weighted by molar-refractivity contribution is -0.135. The summed E-state index contributed by atoms with van der Waals surface area (Å²) in [6.45, 7) is 4.07. The Morgan fingerprint density at radius 1 is 1.17 bits per heavy atom. The first-order valence-electron chi connectivity index (χ1n) is 8.41. The minimum Gasteiger partial charge on any atom is -0.342 e. The molecule has 3 rings (SSSR count). The molecule has 2 saturated heterocycles. The van der Waals surface area contributed by atoms with Crippen molar-refractivity contribution in [2.45, 2.75) is 39.0 Å². The molecule has 2 heterocycles. The van der Waals surface area contributed by atoms with E-state index in [0.717, 1.165) is 37.2 Å². The zero-order valence-electron chi connectivity index (χ0n) is 13.6. The molecule has 0 saturated carbocycles. The van der Waals surface area contributed by atoms with E-state index in [1.807, 2.05) is 30.0 Å². The van der Waals surface area contributed by atoms with E-state index in [0.29, 0.717) is 18.0 Å². The standard InChI is InChI=1S/C18H23ClN2O2/c1-13-6-7-15(11-16(13)19)21-12-14(10-17(21)22)18(23)20-8-4-2-3-5-9-20/h6-7,11,14H,2-5,8-10,12H2,1H3/t14-/m0/s1. The number of likely N-dealkylation sites (tertiary alicyclic amines) is 1.